The molecule has 1 aromatic carbocycles. The molecule has 0 bridgehead atoms. The minimum Gasteiger partial charge on any atom is -0.392 e. The first-order valence-electron chi connectivity index (χ1n) is 6.30. The van der Waals surface area contributed by atoms with Crippen molar-refractivity contribution in [1.82, 2.24) is 4.31 Å². The van der Waals surface area contributed by atoms with Gasteiger partial charge in [-0.2, -0.15) is 4.31 Å². The summed E-state index contributed by atoms with van der Waals surface area (Å²) in [5.74, 6) is -0.0988. The average molecular weight is 299 g/mol. The Morgan fingerprint density at radius 3 is 2.70 bits per heavy atom. The molecule has 0 aliphatic carbocycles. The number of benzene rings is 1. The highest BCUT2D eigenvalue weighted by molar-refractivity contribution is 7.88. The molecule has 0 aliphatic rings. The number of aliphatic hydroxyl groups excluding tert-OH is 1. The Kier molecular flexibility index (Phi) is 6.87. The molecule has 20 heavy (non-hydrogen) atoms. The van der Waals surface area contributed by atoms with Crippen molar-refractivity contribution >= 4 is 10.0 Å². The number of ether oxygens (including phenoxy) is 1. The maximum atomic E-state index is 12.4. The minimum absolute atomic E-state index is 0.0988. The molecule has 0 radical (unpaired) electrons. The summed E-state index contributed by atoms with van der Waals surface area (Å²) in [5.41, 5.74) is 1.35. The largest absolute Gasteiger partial charge is 0.392 e. The molecule has 5 nitrogen and oxygen atoms in total. The number of methoxy groups -OCH3 is 1. The van der Waals surface area contributed by atoms with Crippen molar-refractivity contribution in [3.8, 4) is 0 Å². The van der Waals surface area contributed by atoms with Crippen molar-refractivity contribution in [2.75, 3.05) is 26.8 Å². The van der Waals surface area contributed by atoms with Crippen molar-refractivity contribution < 1.29 is 18.3 Å². The molecule has 0 saturated heterocycles. The molecule has 0 unspecified atom stereocenters. The van der Waals surface area contributed by atoms with Crippen LogP contribution in [0.4, 0.5) is 0 Å². The van der Waals surface area contributed by atoms with Crippen LogP contribution in [0.5, 0.6) is 0 Å². The Balaban J connectivity index is 2.86. The lowest BCUT2D eigenvalue weighted by Crippen LogP contribution is -2.35. The van der Waals surface area contributed by atoms with E-state index in [-0.39, 0.29) is 18.9 Å². The van der Waals surface area contributed by atoms with Crippen molar-refractivity contribution in [2.45, 2.75) is 12.4 Å². The van der Waals surface area contributed by atoms with E-state index in [0.29, 0.717) is 24.3 Å². The molecule has 0 amide bonds. The second-order valence-electron chi connectivity index (χ2n) is 4.37. The van der Waals surface area contributed by atoms with Gasteiger partial charge in [0, 0.05) is 20.2 Å². The van der Waals surface area contributed by atoms with Gasteiger partial charge in [0.2, 0.25) is 10.0 Å². The summed E-state index contributed by atoms with van der Waals surface area (Å²) < 4.78 is 31.0. The lowest BCUT2D eigenvalue weighted by molar-refractivity contribution is 0.182. The van der Waals surface area contributed by atoms with Crippen LogP contribution in [-0.2, 0) is 27.1 Å². The third-order valence-electron chi connectivity index (χ3n) is 2.79. The van der Waals surface area contributed by atoms with Crippen LogP contribution in [0.3, 0.4) is 0 Å². The van der Waals surface area contributed by atoms with Crippen LogP contribution in [0, 0.1) is 0 Å². The van der Waals surface area contributed by atoms with Gasteiger partial charge in [-0.05, 0) is 11.1 Å². The molecule has 0 atom stereocenters. The van der Waals surface area contributed by atoms with E-state index in [1.807, 2.05) is 0 Å². The smallest absolute Gasteiger partial charge is 0.218 e. The van der Waals surface area contributed by atoms with Gasteiger partial charge < -0.3 is 9.84 Å². The predicted octanol–water partition coefficient (Wildman–Crippen LogP) is 1.14. The zero-order valence-corrected chi connectivity index (χ0v) is 12.5. The average Bonchev–Trinajstić information content (AvgIpc) is 2.43. The topological polar surface area (TPSA) is 66.8 Å². The highest BCUT2D eigenvalue weighted by Crippen LogP contribution is 2.13. The van der Waals surface area contributed by atoms with Gasteiger partial charge in [-0.3, -0.25) is 0 Å². The van der Waals surface area contributed by atoms with Gasteiger partial charge in [0.15, 0.2) is 0 Å². The van der Waals surface area contributed by atoms with Crippen LogP contribution in [0.1, 0.15) is 11.1 Å². The maximum Gasteiger partial charge on any atom is 0.218 e. The molecule has 6 heteroatoms. The van der Waals surface area contributed by atoms with E-state index >= 15 is 0 Å². The highest BCUT2D eigenvalue weighted by atomic mass is 32.2. The van der Waals surface area contributed by atoms with Gasteiger partial charge in [-0.1, -0.05) is 30.3 Å². The van der Waals surface area contributed by atoms with Gasteiger partial charge in [0.25, 0.3) is 0 Å². The quantitative estimate of drug-likeness (QED) is 0.695. The first kappa shape index (κ1) is 16.8. The van der Waals surface area contributed by atoms with Crippen molar-refractivity contribution in [3.63, 3.8) is 0 Å². The Morgan fingerprint density at radius 2 is 2.10 bits per heavy atom. The van der Waals surface area contributed by atoms with Gasteiger partial charge in [-0.15, -0.1) is 6.58 Å². The number of aliphatic hydroxyl groups is 1. The second kappa shape index (κ2) is 8.16. The fraction of sp³-hybridized carbons (Fsp3) is 0.429. The van der Waals surface area contributed by atoms with Crippen LogP contribution in [-0.4, -0.2) is 44.6 Å². The molecule has 112 valence electrons. The Morgan fingerprint density at radius 1 is 1.40 bits per heavy atom. The Hall–Kier alpha value is -1.21. The normalized spacial score (nSPS) is 11.8. The van der Waals surface area contributed by atoms with E-state index in [0.717, 1.165) is 0 Å². The lowest BCUT2D eigenvalue weighted by Gasteiger charge is -2.20. The Labute approximate surface area is 120 Å². The van der Waals surface area contributed by atoms with E-state index in [2.05, 4.69) is 6.58 Å². The van der Waals surface area contributed by atoms with Gasteiger partial charge >= 0.3 is 0 Å². The first-order chi connectivity index (χ1) is 9.53. The number of rotatable bonds is 9. The standard InChI is InChI=1S/C14H21NO4S/c1-3-7-15(8-9-19-2)20(17,18)12-14-6-4-5-13(10-14)11-16/h3-6,10,16H,1,7-9,11-12H2,2H3. The van der Waals surface area contributed by atoms with E-state index in [9.17, 15) is 8.42 Å². The summed E-state index contributed by atoms with van der Waals surface area (Å²) in [4.78, 5) is 0. The van der Waals surface area contributed by atoms with Gasteiger partial charge in [0.1, 0.15) is 0 Å². The Bertz CT molecular complexity index is 528. The number of hydrogen-bond donors (Lipinski definition) is 1. The SMILES string of the molecule is C=CCN(CCOC)S(=O)(=O)Cc1cccc(CO)c1. The molecule has 0 fully saturated rings. The van der Waals surface area contributed by atoms with Crippen molar-refractivity contribution in [2.24, 2.45) is 0 Å². The number of nitrogens with zero attached hydrogens (tertiary/aromatic N) is 1. The molecule has 1 rings (SSSR count). The van der Waals surface area contributed by atoms with E-state index in [4.69, 9.17) is 9.84 Å². The summed E-state index contributed by atoms with van der Waals surface area (Å²) in [6.45, 7) is 4.36. The molecule has 1 aromatic rings. The fourth-order valence-corrected chi connectivity index (χ4v) is 3.27. The van der Waals surface area contributed by atoms with Crippen LogP contribution in [0.15, 0.2) is 36.9 Å². The zero-order chi connectivity index (χ0) is 15.0. The van der Waals surface area contributed by atoms with Crippen LogP contribution in [0.25, 0.3) is 0 Å². The molecule has 1 N–H and O–H groups in total. The maximum absolute atomic E-state index is 12.4. The number of sulfonamides is 1. The summed E-state index contributed by atoms with van der Waals surface area (Å²) in [7, 11) is -1.90. The molecule has 0 heterocycles. The second-order valence-corrected chi connectivity index (χ2v) is 6.34. The molecule has 0 spiro atoms. The van der Waals surface area contributed by atoms with E-state index in [1.165, 1.54) is 11.4 Å². The predicted molar refractivity (Wildman–Crippen MR) is 78.6 cm³/mol. The molecule has 0 aliphatic heterocycles. The summed E-state index contributed by atoms with van der Waals surface area (Å²) in [5, 5.41) is 9.08. The molecular formula is C14H21NO4S. The molecular weight excluding hydrogens is 278 g/mol. The first-order valence-corrected chi connectivity index (χ1v) is 7.90. The van der Waals surface area contributed by atoms with Gasteiger partial charge in [-0.25, -0.2) is 8.42 Å². The fourth-order valence-electron chi connectivity index (χ4n) is 1.80. The molecule has 0 aromatic heterocycles. The lowest BCUT2D eigenvalue weighted by atomic mass is 10.1. The van der Waals surface area contributed by atoms with Crippen LogP contribution >= 0.6 is 0 Å². The third kappa shape index (κ3) is 5.05. The number of hydrogen-bond acceptors (Lipinski definition) is 4. The van der Waals surface area contributed by atoms with Crippen LogP contribution < -0.4 is 0 Å². The third-order valence-corrected chi connectivity index (χ3v) is 4.61. The monoisotopic (exact) mass is 299 g/mol. The summed E-state index contributed by atoms with van der Waals surface area (Å²) in [6, 6.07) is 6.92. The van der Waals surface area contributed by atoms with Gasteiger partial charge in [0.05, 0.1) is 19.0 Å². The van der Waals surface area contributed by atoms with Crippen molar-refractivity contribution in [3.05, 3.63) is 48.0 Å². The molecule has 0 saturated carbocycles. The summed E-state index contributed by atoms with van der Waals surface area (Å²) in [6.07, 6.45) is 1.55. The van der Waals surface area contributed by atoms with Crippen LogP contribution in [0.2, 0.25) is 0 Å². The summed E-state index contributed by atoms with van der Waals surface area (Å²) >= 11 is 0. The van der Waals surface area contributed by atoms with E-state index in [1.54, 1.807) is 30.3 Å². The highest BCUT2D eigenvalue weighted by Gasteiger charge is 2.21. The minimum atomic E-state index is -3.43. The van der Waals surface area contributed by atoms with Crippen molar-refractivity contribution in [1.29, 1.82) is 0 Å². The zero-order valence-electron chi connectivity index (χ0n) is 11.7. The van der Waals surface area contributed by atoms with E-state index < -0.39 is 10.0 Å².